The Bertz CT molecular complexity index is 593. The van der Waals surface area contributed by atoms with E-state index in [1.165, 1.54) is 6.07 Å². The van der Waals surface area contributed by atoms with Gasteiger partial charge in [-0.1, -0.05) is 12.1 Å². The third kappa shape index (κ3) is 3.61. The zero-order valence-electron chi connectivity index (χ0n) is 12.3. The Hall–Kier alpha value is -0.990. The topological polar surface area (TPSA) is 84.9 Å². The molecule has 2 rings (SSSR count). The van der Waals surface area contributed by atoms with E-state index in [4.69, 9.17) is 14.6 Å². The fraction of sp³-hybridized carbons (Fsp3) is 0.571. The van der Waals surface area contributed by atoms with Crippen LogP contribution in [-0.4, -0.2) is 46.0 Å². The van der Waals surface area contributed by atoms with Crippen LogP contribution < -0.4 is 4.72 Å². The van der Waals surface area contributed by atoms with Gasteiger partial charge in [-0.2, -0.15) is 0 Å². The van der Waals surface area contributed by atoms with Gasteiger partial charge >= 0.3 is 0 Å². The van der Waals surface area contributed by atoms with Crippen LogP contribution in [0.5, 0.6) is 0 Å². The maximum absolute atomic E-state index is 12.4. The zero-order chi connectivity index (χ0) is 15.5. The summed E-state index contributed by atoms with van der Waals surface area (Å²) in [6, 6.07) is 4.88. The molecule has 1 aromatic rings. The summed E-state index contributed by atoms with van der Waals surface area (Å²) < 4.78 is 38.2. The normalized spacial score (nSPS) is 22.6. The highest BCUT2D eigenvalue weighted by molar-refractivity contribution is 7.89. The highest BCUT2D eigenvalue weighted by atomic mass is 32.2. The van der Waals surface area contributed by atoms with Crippen LogP contribution in [0.25, 0.3) is 0 Å². The lowest BCUT2D eigenvalue weighted by Gasteiger charge is -2.26. The van der Waals surface area contributed by atoms with E-state index in [-0.39, 0.29) is 18.0 Å². The maximum atomic E-state index is 12.4. The molecule has 1 aromatic carbocycles. The van der Waals surface area contributed by atoms with Crippen molar-refractivity contribution in [3.8, 4) is 0 Å². The largest absolute Gasteiger partial charge is 0.392 e. The molecule has 1 heterocycles. The van der Waals surface area contributed by atoms with Crippen LogP contribution in [0, 0.1) is 6.92 Å². The van der Waals surface area contributed by atoms with E-state index < -0.39 is 15.6 Å². The second-order valence-electron chi connectivity index (χ2n) is 5.27. The summed E-state index contributed by atoms with van der Waals surface area (Å²) in [5, 5.41) is 9.15. The van der Waals surface area contributed by atoms with Crippen molar-refractivity contribution < 1.29 is 23.0 Å². The monoisotopic (exact) mass is 315 g/mol. The summed E-state index contributed by atoms with van der Waals surface area (Å²) in [4.78, 5) is 0.180. The molecule has 2 N–H and O–H groups in total. The summed E-state index contributed by atoms with van der Waals surface area (Å²) in [7, 11) is -2.10. The molecule has 0 aromatic heterocycles. The van der Waals surface area contributed by atoms with Crippen LogP contribution in [0.2, 0.25) is 0 Å². The van der Waals surface area contributed by atoms with Crippen LogP contribution in [0.1, 0.15) is 17.5 Å². The summed E-state index contributed by atoms with van der Waals surface area (Å²) in [5.41, 5.74) is 0.593. The van der Waals surface area contributed by atoms with E-state index in [1.807, 2.05) is 0 Å². The quantitative estimate of drug-likeness (QED) is 0.802. The first kappa shape index (κ1) is 16.4. The first-order valence-corrected chi connectivity index (χ1v) is 8.24. The summed E-state index contributed by atoms with van der Waals surface area (Å²) in [6.07, 6.45) is 0.654. The Kier molecular flexibility index (Phi) is 5.00. The average Bonchev–Trinajstić information content (AvgIpc) is 2.95. The van der Waals surface area contributed by atoms with E-state index in [9.17, 15) is 8.42 Å². The SMILES string of the molecule is COC1(CNS(=O)(=O)c2cc(CO)ccc2C)CCOC1. The summed E-state index contributed by atoms with van der Waals surface area (Å²) >= 11 is 0. The molecule has 0 aliphatic carbocycles. The molecular formula is C14H21NO5S. The Morgan fingerprint density at radius 3 is 2.81 bits per heavy atom. The Morgan fingerprint density at radius 2 is 2.24 bits per heavy atom. The number of sulfonamides is 1. The number of methoxy groups -OCH3 is 1. The van der Waals surface area contributed by atoms with Crippen molar-refractivity contribution in [3.05, 3.63) is 29.3 Å². The van der Waals surface area contributed by atoms with Crippen molar-refractivity contribution >= 4 is 10.0 Å². The fourth-order valence-electron chi connectivity index (χ4n) is 2.30. The molecule has 7 heteroatoms. The molecule has 0 saturated carbocycles. The summed E-state index contributed by atoms with van der Waals surface area (Å²) in [6.45, 7) is 2.63. The number of hydrogen-bond acceptors (Lipinski definition) is 5. The van der Waals surface area contributed by atoms with E-state index in [0.717, 1.165) is 0 Å². The molecule has 21 heavy (non-hydrogen) atoms. The molecular weight excluding hydrogens is 294 g/mol. The van der Waals surface area contributed by atoms with Gasteiger partial charge in [-0.3, -0.25) is 0 Å². The first-order valence-electron chi connectivity index (χ1n) is 6.75. The van der Waals surface area contributed by atoms with Crippen molar-refractivity contribution in [2.24, 2.45) is 0 Å². The van der Waals surface area contributed by atoms with Gasteiger partial charge in [-0.05, 0) is 24.1 Å². The number of hydrogen-bond donors (Lipinski definition) is 2. The van der Waals surface area contributed by atoms with Gasteiger partial charge in [0.05, 0.1) is 18.1 Å². The number of aliphatic hydroxyl groups is 1. The minimum absolute atomic E-state index is 0.161. The number of ether oxygens (including phenoxy) is 2. The molecule has 0 amide bonds. The second kappa shape index (κ2) is 6.41. The maximum Gasteiger partial charge on any atom is 0.240 e. The lowest BCUT2D eigenvalue weighted by molar-refractivity contribution is -0.0120. The molecule has 1 saturated heterocycles. The van der Waals surface area contributed by atoms with Crippen molar-refractivity contribution in [1.82, 2.24) is 4.72 Å². The molecule has 118 valence electrons. The molecule has 0 spiro atoms. The van der Waals surface area contributed by atoms with E-state index in [1.54, 1.807) is 26.2 Å². The Labute approximate surface area is 125 Å². The molecule has 6 nitrogen and oxygen atoms in total. The lowest BCUT2D eigenvalue weighted by Crippen LogP contribution is -2.45. The van der Waals surface area contributed by atoms with Crippen molar-refractivity contribution in [2.75, 3.05) is 26.9 Å². The standard InChI is InChI=1S/C14H21NO5S/c1-11-3-4-12(8-16)7-13(11)21(17,18)15-9-14(19-2)5-6-20-10-14/h3-4,7,15-16H,5-6,8-10H2,1-2H3. The third-order valence-electron chi connectivity index (χ3n) is 3.81. The number of benzene rings is 1. The van der Waals surface area contributed by atoms with Gasteiger partial charge in [-0.15, -0.1) is 0 Å². The lowest BCUT2D eigenvalue weighted by atomic mass is 10.0. The van der Waals surface area contributed by atoms with E-state index >= 15 is 0 Å². The van der Waals surface area contributed by atoms with Crippen LogP contribution in [0.4, 0.5) is 0 Å². The average molecular weight is 315 g/mol. The first-order chi connectivity index (χ1) is 9.92. The van der Waals surface area contributed by atoms with Crippen molar-refractivity contribution in [2.45, 2.75) is 30.4 Å². The zero-order valence-corrected chi connectivity index (χ0v) is 13.1. The Balaban J connectivity index is 2.18. The number of aliphatic hydroxyl groups excluding tert-OH is 1. The highest BCUT2D eigenvalue weighted by Gasteiger charge is 2.36. The van der Waals surface area contributed by atoms with Crippen LogP contribution >= 0.6 is 0 Å². The Morgan fingerprint density at radius 1 is 1.48 bits per heavy atom. The van der Waals surface area contributed by atoms with Crippen molar-refractivity contribution in [3.63, 3.8) is 0 Å². The number of rotatable bonds is 6. The van der Waals surface area contributed by atoms with Crippen LogP contribution in [-0.2, 0) is 26.1 Å². The van der Waals surface area contributed by atoms with E-state index in [2.05, 4.69) is 4.72 Å². The number of nitrogens with one attached hydrogen (secondary N) is 1. The highest BCUT2D eigenvalue weighted by Crippen LogP contribution is 2.23. The molecule has 1 atom stereocenters. The molecule has 0 bridgehead atoms. The minimum atomic E-state index is -3.66. The minimum Gasteiger partial charge on any atom is -0.392 e. The van der Waals surface area contributed by atoms with E-state index in [0.29, 0.717) is 30.8 Å². The van der Waals surface area contributed by atoms with Gasteiger partial charge in [0.2, 0.25) is 10.0 Å². The van der Waals surface area contributed by atoms with Gasteiger partial charge in [-0.25, -0.2) is 13.1 Å². The smallest absolute Gasteiger partial charge is 0.240 e. The third-order valence-corrected chi connectivity index (χ3v) is 5.35. The van der Waals surface area contributed by atoms with Crippen LogP contribution in [0.3, 0.4) is 0 Å². The van der Waals surface area contributed by atoms with Gasteiger partial charge in [0.25, 0.3) is 0 Å². The molecule has 1 aliphatic heterocycles. The summed E-state index contributed by atoms with van der Waals surface area (Å²) in [5.74, 6) is 0. The second-order valence-corrected chi connectivity index (χ2v) is 7.01. The predicted molar refractivity (Wildman–Crippen MR) is 77.5 cm³/mol. The number of aryl methyl sites for hydroxylation is 1. The van der Waals surface area contributed by atoms with Gasteiger partial charge in [0, 0.05) is 26.7 Å². The van der Waals surface area contributed by atoms with Crippen molar-refractivity contribution in [1.29, 1.82) is 0 Å². The fourth-order valence-corrected chi connectivity index (χ4v) is 3.70. The van der Waals surface area contributed by atoms with Crippen LogP contribution in [0.15, 0.2) is 23.1 Å². The molecule has 1 unspecified atom stereocenters. The van der Waals surface area contributed by atoms with Gasteiger partial charge in [0.1, 0.15) is 5.60 Å². The molecule has 1 fully saturated rings. The van der Waals surface area contributed by atoms with Gasteiger partial charge < -0.3 is 14.6 Å². The van der Waals surface area contributed by atoms with Gasteiger partial charge in [0.15, 0.2) is 0 Å². The molecule has 0 radical (unpaired) electrons. The predicted octanol–water partition coefficient (Wildman–Crippen LogP) is 0.571. The molecule has 1 aliphatic rings.